The Kier molecular flexibility index (Phi) is 5.55. The van der Waals surface area contributed by atoms with Crippen molar-refractivity contribution in [1.82, 2.24) is 39.7 Å². The molecule has 13 heteroatoms. The van der Waals surface area contributed by atoms with E-state index in [0.29, 0.717) is 28.0 Å². The standard InChI is InChI=1S/C22H17F3N8OS/c1-12-3-4-18(35-12)17-9-28-20-16(33-19(10-30-31-33)22(23,24)25)5-15(11-32(17)20)21(34)29-8-14-6-26-13(2)27-7-14/h3-7,9-11H,8H2,1-2H3,(H,29,34). The summed E-state index contributed by atoms with van der Waals surface area (Å²) < 4.78 is 43.1. The van der Waals surface area contributed by atoms with Crippen molar-refractivity contribution in [2.24, 2.45) is 0 Å². The number of rotatable bonds is 5. The molecule has 5 rings (SSSR count). The van der Waals surface area contributed by atoms with Gasteiger partial charge in [-0.15, -0.1) is 16.4 Å². The Morgan fingerprint density at radius 1 is 1.09 bits per heavy atom. The molecule has 0 aliphatic rings. The highest BCUT2D eigenvalue weighted by atomic mass is 32.1. The van der Waals surface area contributed by atoms with Crippen molar-refractivity contribution < 1.29 is 18.0 Å². The Morgan fingerprint density at radius 3 is 2.54 bits per heavy atom. The predicted molar refractivity (Wildman–Crippen MR) is 121 cm³/mol. The highest BCUT2D eigenvalue weighted by Gasteiger charge is 2.37. The zero-order valence-electron chi connectivity index (χ0n) is 18.4. The Bertz CT molecular complexity index is 1530. The van der Waals surface area contributed by atoms with Crippen LogP contribution < -0.4 is 5.32 Å². The van der Waals surface area contributed by atoms with Gasteiger partial charge in [-0.2, -0.15) is 13.2 Å². The number of carbonyl (C=O) groups excluding carboxylic acids is 1. The summed E-state index contributed by atoms with van der Waals surface area (Å²) in [5.74, 6) is 0.101. The number of fused-ring (bicyclic) bond motifs is 1. The number of nitrogens with one attached hydrogen (secondary N) is 1. The van der Waals surface area contributed by atoms with Gasteiger partial charge in [-0.1, -0.05) is 5.21 Å². The van der Waals surface area contributed by atoms with E-state index in [1.54, 1.807) is 36.1 Å². The second-order valence-corrected chi connectivity index (χ2v) is 9.00. The molecule has 0 unspecified atom stereocenters. The van der Waals surface area contributed by atoms with Crippen molar-refractivity contribution in [2.75, 3.05) is 0 Å². The molecule has 5 heterocycles. The smallest absolute Gasteiger partial charge is 0.348 e. The number of carbonyl (C=O) groups is 1. The predicted octanol–water partition coefficient (Wildman–Crippen LogP) is 4.00. The highest BCUT2D eigenvalue weighted by molar-refractivity contribution is 7.15. The number of alkyl halides is 3. The van der Waals surface area contributed by atoms with Crippen LogP contribution in [0.4, 0.5) is 13.2 Å². The maximum Gasteiger partial charge on any atom is 0.435 e. The molecule has 0 fully saturated rings. The molecule has 0 spiro atoms. The third kappa shape index (κ3) is 4.37. The van der Waals surface area contributed by atoms with Crippen LogP contribution in [-0.4, -0.2) is 40.3 Å². The fraction of sp³-hybridized carbons (Fsp3) is 0.182. The van der Waals surface area contributed by atoms with Crippen LogP contribution in [0.2, 0.25) is 0 Å². The molecule has 0 aliphatic heterocycles. The number of halogens is 3. The van der Waals surface area contributed by atoms with Gasteiger partial charge in [-0.3, -0.25) is 9.20 Å². The van der Waals surface area contributed by atoms with E-state index in [2.05, 4.69) is 30.6 Å². The molecule has 0 aromatic carbocycles. The summed E-state index contributed by atoms with van der Waals surface area (Å²) in [6.07, 6.45) is 2.21. The summed E-state index contributed by atoms with van der Waals surface area (Å²) in [5, 5.41) is 9.84. The second kappa shape index (κ2) is 8.58. The Labute approximate surface area is 200 Å². The lowest BCUT2D eigenvalue weighted by atomic mass is 10.2. The number of thiophene rings is 1. The Balaban J connectivity index is 1.62. The second-order valence-electron chi connectivity index (χ2n) is 7.71. The van der Waals surface area contributed by atoms with E-state index in [0.717, 1.165) is 9.75 Å². The van der Waals surface area contributed by atoms with Gasteiger partial charge in [0, 0.05) is 35.6 Å². The summed E-state index contributed by atoms with van der Waals surface area (Å²) in [4.78, 5) is 27.5. The summed E-state index contributed by atoms with van der Waals surface area (Å²) in [7, 11) is 0. The first kappa shape index (κ1) is 22.7. The number of aryl methyl sites for hydroxylation is 2. The van der Waals surface area contributed by atoms with Crippen molar-refractivity contribution in [3.8, 4) is 16.3 Å². The first-order valence-corrected chi connectivity index (χ1v) is 11.1. The number of hydrogen-bond donors (Lipinski definition) is 1. The van der Waals surface area contributed by atoms with Crippen LogP contribution in [-0.2, 0) is 12.7 Å². The number of aromatic nitrogens is 7. The largest absolute Gasteiger partial charge is 0.435 e. The molecule has 0 aliphatic carbocycles. The molecule has 35 heavy (non-hydrogen) atoms. The van der Waals surface area contributed by atoms with Crippen molar-refractivity contribution >= 4 is 22.9 Å². The van der Waals surface area contributed by atoms with Crippen molar-refractivity contribution in [3.63, 3.8) is 0 Å². The third-order valence-corrected chi connectivity index (χ3v) is 6.22. The van der Waals surface area contributed by atoms with Crippen LogP contribution in [0.1, 0.15) is 32.3 Å². The number of pyridine rings is 1. The van der Waals surface area contributed by atoms with E-state index in [-0.39, 0.29) is 23.4 Å². The first-order valence-electron chi connectivity index (χ1n) is 10.3. The lowest BCUT2D eigenvalue weighted by Gasteiger charge is -2.13. The normalized spacial score (nSPS) is 11.8. The topological polar surface area (TPSA) is 103 Å². The van der Waals surface area contributed by atoms with Gasteiger partial charge in [-0.05, 0) is 32.0 Å². The highest BCUT2D eigenvalue weighted by Crippen LogP contribution is 2.33. The molecule has 1 N–H and O–H groups in total. The molecule has 5 aromatic heterocycles. The molecule has 0 radical (unpaired) electrons. The van der Waals surface area contributed by atoms with E-state index >= 15 is 0 Å². The van der Waals surface area contributed by atoms with E-state index in [9.17, 15) is 18.0 Å². The maximum atomic E-state index is 13.6. The number of nitrogens with zero attached hydrogens (tertiary/aromatic N) is 7. The average molecular weight is 498 g/mol. The van der Waals surface area contributed by atoms with Crippen molar-refractivity contribution in [2.45, 2.75) is 26.6 Å². The molecular weight excluding hydrogens is 481 g/mol. The van der Waals surface area contributed by atoms with Gasteiger partial charge < -0.3 is 5.32 Å². The average Bonchev–Trinajstić information content (AvgIpc) is 3.56. The molecule has 9 nitrogen and oxygen atoms in total. The van der Waals surface area contributed by atoms with Gasteiger partial charge in [0.05, 0.1) is 28.5 Å². The summed E-state index contributed by atoms with van der Waals surface area (Å²) in [6.45, 7) is 3.84. The molecule has 0 atom stereocenters. The summed E-state index contributed by atoms with van der Waals surface area (Å²) >= 11 is 1.50. The Hall–Kier alpha value is -4.13. The van der Waals surface area contributed by atoms with Crippen LogP contribution in [0.5, 0.6) is 0 Å². The molecule has 0 bridgehead atoms. The van der Waals surface area contributed by atoms with Crippen molar-refractivity contribution in [3.05, 3.63) is 76.7 Å². The summed E-state index contributed by atoms with van der Waals surface area (Å²) in [5.41, 5.74) is 0.529. The fourth-order valence-electron chi connectivity index (χ4n) is 3.51. The fourth-order valence-corrected chi connectivity index (χ4v) is 4.38. The number of amides is 1. The van der Waals surface area contributed by atoms with Gasteiger partial charge in [0.25, 0.3) is 5.91 Å². The van der Waals surface area contributed by atoms with Gasteiger partial charge in [-0.25, -0.2) is 19.6 Å². The molecule has 178 valence electrons. The third-order valence-electron chi connectivity index (χ3n) is 5.20. The van der Waals surface area contributed by atoms with E-state index in [4.69, 9.17) is 0 Å². The van der Waals surface area contributed by atoms with E-state index in [1.807, 2.05) is 19.1 Å². The zero-order chi connectivity index (χ0) is 24.7. The minimum Gasteiger partial charge on any atom is -0.348 e. The Morgan fingerprint density at radius 2 is 1.86 bits per heavy atom. The van der Waals surface area contributed by atoms with E-state index in [1.165, 1.54) is 17.4 Å². The summed E-state index contributed by atoms with van der Waals surface area (Å²) in [6, 6.07) is 5.14. The lowest BCUT2D eigenvalue weighted by molar-refractivity contribution is -0.142. The van der Waals surface area contributed by atoms with Crippen molar-refractivity contribution in [1.29, 1.82) is 0 Å². The van der Waals surface area contributed by atoms with E-state index < -0.39 is 17.8 Å². The molecule has 0 saturated heterocycles. The number of imidazole rings is 1. The minimum absolute atomic E-state index is 0.0272. The van der Waals surface area contributed by atoms with Crippen LogP contribution in [0.15, 0.2) is 49.2 Å². The monoisotopic (exact) mass is 498 g/mol. The lowest BCUT2D eigenvalue weighted by Crippen LogP contribution is -2.24. The number of hydrogen-bond acceptors (Lipinski definition) is 7. The van der Waals surface area contributed by atoms with Gasteiger partial charge in [0.2, 0.25) is 0 Å². The van der Waals surface area contributed by atoms with Crippen LogP contribution in [0.3, 0.4) is 0 Å². The molecule has 5 aromatic rings. The molecule has 0 saturated carbocycles. The van der Waals surface area contributed by atoms with Gasteiger partial charge in [0.1, 0.15) is 11.5 Å². The van der Waals surface area contributed by atoms with Crippen LogP contribution in [0.25, 0.3) is 21.9 Å². The maximum absolute atomic E-state index is 13.6. The van der Waals surface area contributed by atoms with Crippen LogP contribution >= 0.6 is 11.3 Å². The molecular formula is C22H17F3N8OS. The SMILES string of the molecule is Cc1ncc(CNC(=O)c2cc(-n3nncc3C(F)(F)F)c3ncc(-c4ccc(C)s4)n3c2)cn1. The van der Waals surface area contributed by atoms with Crippen LogP contribution in [0, 0.1) is 13.8 Å². The quantitative estimate of drug-likeness (QED) is 0.393. The minimum atomic E-state index is -4.70. The molecule has 1 amide bonds. The van der Waals surface area contributed by atoms with Gasteiger partial charge >= 0.3 is 6.18 Å². The van der Waals surface area contributed by atoms with Gasteiger partial charge in [0.15, 0.2) is 11.3 Å². The first-order chi connectivity index (χ1) is 16.7. The zero-order valence-corrected chi connectivity index (χ0v) is 19.2.